The van der Waals surface area contributed by atoms with E-state index in [0.717, 1.165) is 58.0 Å². The van der Waals surface area contributed by atoms with E-state index in [2.05, 4.69) is 0 Å². The molecule has 2 aliphatic rings. The third kappa shape index (κ3) is 2.36. The van der Waals surface area contributed by atoms with E-state index in [1.54, 1.807) is 4.90 Å². The van der Waals surface area contributed by atoms with Gasteiger partial charge in [0.2, 0.25) is 0 Å². The van der Waals surface area contributed by atoms with E-state index < -0.39 is 0 Å². The maximum absolute atomic E-state index is 12.2. The topological polar surface area (TPSA) is 40.6 Å². The average Bonchev–Trinajstić information content (AvgIpc) is 2.39. The van der Waals surface area contributed by atoms with Crippen molar-refractivity contribution in [2.75, 3.05) is 19.6 Å². The summed E-state index contributed by atoms with van der Waals surface area (Å²) in [7, 11) is 0. The van der Waals surface area contributed by atoms with Crippen LogP contribution in [-0.4, -0.2) is 47.8 Å². The molecule has 2 aliphatic heterocycles. The summed E-state index contributed by atoms with van der Waals surface area (Å²) in [4.78, 5) is 26.8. The molecule has 0 aromatic rings. The van der Waals surface area contributed by atoms with Gasteiger partial charge in [0.25, 0.3) is 0 Å². The standard InChI is InChI=1S/C12H20N2O2/c15-10-11-6-2-5-9-14(11)12(16)13-7-3-1-4-8-13/h10-11H,1-9H2/t11-/m0/s1. The fourth-order valence-electron chi connectivity index (χ4n) is 2.60. The Kier molecular flexibility index (Phi) is 3.80. The lowest BCUT2D eigenvalue weighted by Gasteiger charge is -2.38. The first kappa shape index (κ1) is 11.4. The lowest BCUT2D eigenvalue weighted by Crippen LogP contribution is -2.52. The predicted molar refractivity (Wildman–Crippen MR) is 61.2 cm³/mol. The molecule has 0 N–H and O–H groups in total. The molecule has 2 heterocycles. The highest BCUT2D eigenvalue weighted by atomic mass is 16.2. The minimum Gasteiger partial charge on any atom is -0.325 e. The van der Waals surface area contributed by atoms with Gasteiger partial charge in [0.05, 0.1) is 6.04 Å². The van der Waals surface area contributed by atoms with Crippen LogP contribution in [0.5, 0.6) is 0 Å². The van der Waals surface area contributed by atoms with Crippen LogP contribution in [0, 0.1) is 0 Å². The van der Waals surface area contributed by atoms with Gasteiger partial charge in [-0.15, -0.1) is 0 Å². The molecule has 2 saturated heterocycles. The van der Waals surface area contributed by atoms with Gasteiger partial charge in [0.1, 0.15) is 6.29 Å². The second-order valence-electron chi connectivity index (χ2n) is 4.72. The number of rotatable bonds is 1. The van der Waals surface area contributed by atoms with E-state index in [-0.39, 0.29) is 12.1 Å². The van der Waals surface area contributed by atoms with Crippen LogP contribution in [0.4, 0.5) is 4.79 Å². The molecule has 4 heteroatoms. The quantitative estimate of drug-likeness (QED) is 0.635. The Hall–Kier alpha value is -1.06. The number of likely N-dealkylation sites (tertiary alicyclic amines) is 2. The number of hydrogen-bond donors (Lipinski definition) is 0. The first-order valence-electron chi connectivity index (χ1n) is 6.34. The summed E-state index contributed by atoms with van der Waals surface area (Å²) in [6, 6.07) is -0.0975. The van der Waals surface area contributed by atoms with Gasteiger partial charge in [-0.1, -0.05) is 0 Å². The normalized spacial score (nSPS) is 26.6. The molecule has 0 aliphatic carbocycles. The summed E-state index contributed by atoms with van der Waals surface area (Å²) >= 11 is 0. The van der Waals surface area contributed by atoms with Gasteiger partial charge in [-0.3, -0.25) is 0 Å². The Balaban J connectivity index is 1.97. The molecule has 0 aromatic heterocycles. The molecule has 2 amide bonds. The number of aldehydes is 1. The van der Waals surface area contributed by atoms with Gasteiger partial charge in [0, 0.05) is 19.6 Å². The predicted octanol–water partition coefficient (Wildman–Crippen LogP) is 1.65. The summed E-state index contributed by atoms with van der Waals surface area (Å²) in [6.07, 6.45) is 7.29. The fourth-order valence-corrected chi connectivity index (χ4v) is 2.60. The zero-order valence-electron chi connectivity index (χ0n) is 9.73. The third-order valence-corrected chi connectivity index (χ3v) is 3.58. The van der Waals surface area contributed by atoms with E-state index in [4.69, 9.17) is 0 Å². The molecule has 0 bridgehead atoms. The van der Waals surface area contributed by atoms with Crippen molar-refractivity contribution < 1.29 is 9.59 Å². The molecular weight excluding hydrogens is 204 g/mol. The van der Waals surface area contributed by atoms with E-state index in [1.165, 1.54) is 6.42 Å². The highest BCUT2D eigenvalue weighted by molar-refractivity contribution is 5.78. The summed E-state index contributed by atoms with van der Waals surface area (Å²) in [6.45, 7) is 2.47. The van der Waals surface area contributed by atoms with Crippen molar-refractivity contribution in [1.82, 2.24) is 9.80 Å². The van der Waals surface area contributed by atoms with Crippen LogP contribution in [-0.2, 0) is 4.79 Å². The van der Waals surface area contributed by atoms with Gasteiger partial charge < -0.3 is 14.6 Å². The molecule has 2 fully saturated rings. The second-order valence-corrected chi connectivity index (χ2v) is 4.72. The van der Waals surface area contributed by atoms with E-state index in [9.17, 15) is 9.59 Å². The number of piperidine rings is 2. The Labute approximate surface area is 96.6 Å². The Morgan fingerprint density at radius 2 is 1.69 bits per heavy atom. The monoisotopic (exact) mass is 224 g/mol. The summed E-state index contributed by atoms with van der Waals surface area (Å²) < 4.78 is 0. The average molecular weight is 224 g/mol. The van der Waals surface area contributed by atoms with Crippen LogP contribution in [0.15, 0.2) is 0 Å². The number of nitrogens with zero attached hydrogens (tertiary/aromatic N) is 2. The number of amides is 2. The molecule has 2 rings (SSSR count). The lowest BCUT2D eigenvalue weighted by molar-refractivity contribution is -0.112. The first-order chi connectivity index (χ1) is 7.83. The lowest BCUT2D eigenvalue weighted by atomic mass is 10.0. The SMILES string of the molecule is O=C[C@@H]1CCCCN1C(=O)N1CCCCC1. The maximum Gasteiger partial charge on any atom is 0.320 e. The summed E-state index contributed by atoms with van der Waals surface area (Å²) in [5.74, 6) is 0. The number of carbonyl (C=O) groups excluding carboxylic acids is 2. The summed E-state index contributed by atoms with van der Waals surface area (Å²) in [5.41, 5.74) is 0. The maximum atomic E-state index is 12.2. The van der Waals surface area contributed by atoms with Gasteiger partial charge >= 0.3 is 6.03 Å². The van der Waals surface area contributed by atoms with Gasteiger partial charge in [-0.05, 0) is 38.5 Å². The van der Waals surface area contributed by atoms with Gasteiger partial charge in [-0.25, -0.2) is 4.79 Å². The fraction of sp³-hybridized carbons (Fsp3) is 0.833. The first-order valence-corrected chi connectivity index (χ1v) is 6.34. The number of hydrogen-bond acceptors (Lipinski definition) is 2. The minimum atomic E-state index is -0.178. The van der Waals surface area contributed by atoms with Crippen LogP contribution in [0.1, 0.15) is 38.5 Å². The van der Waals surface area contributed by atoms with Crippen molar-refractivity contribution >= 4 is 12.3 Å². The van der Waals surface area contributed by atoms with Gasteiger partial charge in [-0.2, -0.15) is 0 Å². The molecule has 0 saturated carbocycles. The van der Waals surface area contributed by atoms with Crippen molar-refractivity contribution in [3.8, 4) is 0 Å². The van der Waals surface area contributed by atoms with Crippen LogP contribution in [0.3, 0.4) is 0 Å². The molecule has 0 spiro atoms. The van der Waals surface area contributed by atoms with Crippen LogP contribution < -0.4 is 0 Å². The van der Waals surface area contributed by atoms with Crippen LogP contribution >= 0.6 is 0 Å². The molecule has 90 valence electrons. The van der Waals surface area contributed by atoms with Crippen molar-refractivity contribution in [2.45, 2.75) is 44.6 Å². The zero-order valence-corrected chi connectivity index (χ0v) is 9.73. The van der Waals surface area contributed by atoms with Crippen LogP contribution in [0.25, 0.3) is 0 Å². The molecular formula is C12H20N2O2. The highest BCUT2D eigenvalue weighted by Gasteiger charge is 2.29. The highest BCUT2D eigenvalue weighted by Crippen LogP contribution is 2.19. The molecule has 4 nitrogen and oxygen atoms in total. The third-order valence-electron chi connectivity index (χ3n) is 3.58. The van der Waals surface area contributed by atoms with Crippen LogP contribution in [0.2, 0.25) is 0 Å². The summed E-state index contributed by atoms with van der Waals surface area (Å²) in [5, 5.41) is 0. The molecule has 0 aromatic carbocycles. The van der Waals surface area contributed by atoms with E-state index in [0.29, 0.717) is 0 Å². The smallest absolute Gasteiger partial charge is 0.320 e. The molecule has 0 unspecified atom stereocenters. The number of urea groups is 1. The zero-order chi connectivity index (χ0) is 11.4. The Morgan fingerprint density at radius 1 is 1.00 bits per heavy atom. The van der Waals surface area contributed by atoms with Crippen molar-refractivity contribution in [2.24, 2.45) is 0 Å². The number of carbonyl (C=O) groups is 2. The molecule has 0 radical (unpaired) electrons. The molecule has 1 atom stereocenters. The Bertz CT molecular complexity index is 262. The van der Waals surface area contributed by atoms with Crippen molar-refractivity contribution in [3.05, 3.63) is 0 Å². The minimum absolute atomic E-state index is 0.0801. The second kappa shape index (κ2) is 5.32. The Morgan fingerprint density at radius 3 is 2.38 bits per heavy atom. The van der Waals surface area contributed by atoms with Crippen molar-refractivity contribution in [1.29, 1.82) is 0 Å². The van der Waals surface area contributed by atoms with Gasteiger partial charge in [0.15, 0.2) is 0 Å². The van der Waals surface area contributed by atoms with E-state index >= 15 is 0 Å². The van der Waals surface area contributed by atoms with E-state index in [1.807, 2.05) is 4.90 Å². The van der Waals surface area contributed by atoms with Crippen molar-refractivity contribution in [3.63, 3.8) is 0 Å². The largest absolute Gasteiger partial charge is 0.325 e. The molecule has 16 heavy (non-hydrogen) atoms.